The maximum atomic E-state index is 12.6. The monoisotopic (exact) mass is 258 g/mol. The number of benzene rings is 1. The third-order valence-electron chi connectivity index (χ3n) is 4.32. The molecule has 1 fully saturated rings. The second-order valence-corrected chi connectivity index (χ2v) is 6.02. The summed E-state index contributed by atoms with van der Waals surface area (Å²) in [5.74, 6) is 0.254. The molecule has 0 aliphatic heterocycles. The lowest BCUT2D eigenvalue weighted by Crippen LogP contribution is -2.40. The molecule has 102 valence electrons. The molecule has 0 radical (unpaired) electrons. The molecule has 0 bridgehead atoms. The van der Waals surface area contributed by atoms with E-state index in [2.05, 4.69) is 13.8 Å². The van der Waals surface area contributed by atoms with Gasteiger partial charge in [-0.05, 0) is 24.7 Å². The maximum Gasteiger partial charge on any atom is 0.173 e. The standard InChI is InChI=1S/C17H22O2/c1-11(2)14-10-9-12(3)15(17(14)19)16(18)13-7-5-4-6-8-13/h4-8,11-12,14-15H,9-10H2,1-3H3/t12-,14-,15+/m1/s1. The normalized spacial score (nSPS) is 27.6. The van der Waals surface area contributed by atoms with Crippen LogP contribution in [0.15, 0.2) is 30.3 Å². The van der Waals surface area contributed by atoms with Crippen molar-refractivity contribution in [2.45, 2.75) is 33.6 Å². The van der Waals surface area contributed by atoms with Gasteiger partial charge in [-0.25, -0.2) is 0 Å². The minimum atomic E-state index is -0.441. The van der Waals surface area contributed by atoms with Crippen molar-refractivity contribution < 1.29 is 9.59 Å². The van der Waals surface area contributed by atoms with Gasteiger partial charge in [0.2, 0.25) is 0 Å². The van der Waals surface area contributed by atoms with Crippen molar-refractivity contribution in [3.63, 3.8) is 0 Å². The molecule has 1 saturated carbocycles. The van der Waals surface area contributed by atoms with E-state index in [-0.39, 0.29) is 23.4 Å². The third-order valence-corrected chi connectivity index (χ3v) is 4.32. The highest BCUT2D eigenvalue weighted by atomic mass is 16.2. The third kappa shape index (κ3) is 2.78. The van der Waals surface area contributed by atoms with Crippen LogP contribution in [-0.4, -0.2) is 11.6 Å². The Bertz CT molecular complexity index is 461. The van der Waals surface area contributed by atoms with Crippen LogP contribution >= 0.6 is 0 Å². The Labute approximate surface area is 115 Å². The molecule has 0 saturated heterocycles. The van der Waals surface area contributed by atoms with Crippen molar-refractivity contribution in [3.05, 3.63) is 35.9 Å². The van der Waals surface area contributed by atoms with Gasteiger partial charge in [0, 0.05) is 11.5 Å². The highest BCUT2D eigenvalue weighted by Gasteiger charge is 2.41. The van der Waals surface area contributed by atoms with Crippen LogP contribution in [-0.2, 0) is 4.79 Å². The molecule has 3 atom stereocenters. The molecule has 0 aromatic heterocycles. The first kappa shape index (κ1) is 14.0. The van der Waals surface area contributed by atoms with E-state index in [9.17, 15) is 9.59 Å². The molecule has 1 aliphatic carbocycles. The predicted octanol–water partition coefficient (Wildman–Crippen LogP) is 3.76. The second kappa shape index (κ2) is 5.68. The molecular formula is C17H22O2. The molecule has 2 nitrogen and oxygen atoms in total. The topological polar surface area (TPSA) is 34.1 Å². The van der Waals surface area contributed by atoms with Crippen molar-refractivity contribution in [1.29, 1.82) is 0 Å². The second-order valence-electron chi connectivity index (χ2n) is 6.02. The van der Waals surface area contributed by atoms with Gasteiger partial charge in [0.25, 0.3) is 0 Å². The minimum absolute atomic E-state index is 0.00319. The average molecular weight is 258 g/mol. The molecule has 1 aliphatic rings. The van der Waals surface area contributed by atoms with E-state index in [0.717, 1.165) is 12.8 Å². The lowest BCUT2D eigenvalue weighted by Gasteiger charge is -2.34. The quantitative estimate of drug-likeness (QED) is 0.611. The zero-order valence-electron chi connectivity index (χ0n) is 11.9. The molecular weight excluding hydrogens is 236 g/mol. The van der Waals surface area contributed by atoms with Gasteiger partial charge < -0.3 is 0 Å². The highest BCUT2D eigenvalue weighted by Crippen LogP contribution is 2.36. The Morgan fingerprint density at radius 2 is 1.79 bits per heavy atom. The molecule has 2 rings (SSSR count). The van der Waals surface area contributed by atoms with Crippen LogP contribution in [0.25, 0.3) is 0 Å². The molecule has 0 spiro atoms. The number of hydrogen-bond acceptors (Lipinski definition) is 2. The molecule has 1 aromatic rings. The molecule has 0 N–H and O–H groups in total. The summed E-state index contributed by atoms with van der Waals surface area (Å²) in [5, 5.41) is 0. The maximum absolute atomic E-state index is 12.6. The van der Waals surface area contributed by atoms with Gasteiger partial charge in [0.15, 0.2) is 5.78 Å². The first-order valence-electron chi connectivity index (χ1n) is 7.15. The van der Waals surface area contributed by atoms with Crippen molar-refractivity contribution in [3.8, 4) is 0 Å². The number of carbonyl (C=O) groups is 2. The van der Waals surface area contributed by atoms with Gasteiger partial charge in [-0.15, -0.1) is 0 Å². The van der Waals surface area contributed by atoms with Crippen LogP contribution in [0.2, 0.25) is 0 Å². The minimum Gasteiger partial charge on any atom is -0.299 e. The largest absolute Gasteiger partial charge is 0.299 e. The van der Waals surface area contributed by atoms with Crippen molar-refractivity contribution >= 4 is 11.6 Å². The molecule has 2 heteroatoms. The summed E-state index contributed by atoms with van der Waals surface area (Å²) in [6.45, 7) is 6.17. The Hall–Kier alpha value is -1.44. The van der Waals surface area contributed by atoms with Crippen LogP contribution in [0.4, 0.5) is 0 Å². The summed E-state index contributed by atoms with van der Waals surface area (Å²) in [5.41, 5.74) is 0.664. The molecule has 1 aromatic carbocycles. The van der Waals surface area contributed by atoms with Gasteiger partial charge in [-0.2, -0.15) is 0 Å². The number of hydrogen-bond donors (Lipinski definition) is 0. The number of ketones is 2. The first-order valence-corrected chi connectivity index (χ1v) is 7.15. The van der Waals surface area contributed by atoms with E-state index in [1.807, 2.05) is 25.1 Å². The van der Waals surface area contributed by atoms with Crippen LogP contribution in [0, 0.1) is 23.7 Å². The first-order chi connectivity index (χ1) is 9.02. The predicted molar refractivity (Wildman–Crippen MR) is 76.0 cm³/mol. The summed E-state index contributed by atoms with van der Waals surface area (Å²) in [7, 11) is 0. The Kier molecular flexibility index (Phi) is 4.18. The van der Waals surface area contributed by atoms with Crippen molar-refractivity contribution in [2.24, 2.45) is 23.7 Å². The molecule has 0 heterocycles. The molecule has 0 amide bonds. The Morgan fingerprint density at radius 1 is 1.16 bits per heavy atom. The fourth-order valence-corrected chi connectivity index (χ4v) is 3.09. The number of Topliss-reactive ketones (excluding diaryl/α,β-unsaturated/α-hetero) is 2. The Balaban J connectivity index is 2.26. The SMILES string of the molecule is CC(C)[C@H]1CC[C@@H](C)[C@@H](C(=O)c2ccccc2)C1=O. The Morgan fingerprint density at radius 3 is 2.37 bits per heavy atom. The van der Waals surface area contributed by atoms with E-state index < -0.39 is 5.92 Å². The van der Waals surface area contributed by atoms with E-state index in [1.54, 1.807) is 12.1 Å². The fraction of sp³-hybridized carbons (Fsp3) is 0.529. The van der Waals surface area contributed by atoms with Crippen molar-refractivity contribution in [2.75, 3.05) is 0 Å². The van der Waals surface area contributed by atoms with Gasteiger partial charge in [0.05, 0.1) is 5.92 Å². The van der Waals surface area contributed by atoms with E-state index in [1.165, 1.54) is 0 Å². The van der Waals surface area contributed by atoms with E-state index >= 15 is 0 Å². The van der Waals surface area contributed by atoms with Gasteiger partial charge in [0.1, 0.15) is 5.78 Å². The van der Waals surface area contributed by atoms with E-state index in [4.69, 9.17) is 0 Å². The lowest BCUT2D eigenvalue weighted by atomic mass is 9.68. The molecule has 19 heavy (non-hydrogen) atoms. The summed E-state index contributed by atoms with van der Waals surface area (Å²) < 4.78 is 0. The van der Waals surface area contributed by atoms with E-state index in [0.29, 0.717) is 11.5 Å². The lowest BCUT2D eigenvalue weighted by molar-refractivity contribution is -0.130. The average Bonchev–Trinajstić information content (AvgIpc) is 2.39. The van der Waals surface area contributed by atoms with Crippen LogP contribution in [0.3, 0.4) is 0 Å². The molecule has 0 unspecified atom stereocenters. The van der Waals surface area contributed by atoms with Gasteiger partial charge in [-0.1, -0.05) is 51.1 Å². The fourth-order valence-electron chi connectivity index (χ4n) is 3.09. The number of carbonyl (C=O) groups excluding carboxylic acids is 2. The van der Waals surface area contributed by atoms with Crippen LogP contribution in [0.1, 0.15) is 44.0 Å². The van der Waals surface area contributed by atoms with Gasteiger partial charge in [-0.3, -0.25) is 9.59 Å². The van der Waals surface area contributed by atoms with Crippen LogP contribution in [0.5, 0.6) is 0 Å². The highest BCUT2D eigenvalue weighted by molar-refractivity contribution is 6.11. The summed E-state index contributed by atoms with van der Waals surface area (Å²) in [6, 6.07) is 9.21. The summed E-state index contributed by atoms with van der Waals surface area (Å²) >= 11 is 0. The number of rotatable bonds is 3. The van der Waals surface area contributed by atoms with Crippen LogP contribution < -0.4 is 0 Å². The zero-order chi connectivity index (χ0) is 14.0. The zero-order valence-corrected chi connectivity index (χ0v) is 11.9. The summed E-state index contributed by atoms with van der Waals surface area (Å²) in [4.78, 5) is 25.1. The van der Waals surface area contributed by atoms with Crippen molar-refractivity contribution in [1.82, 2.24) is 0 Å². The van der Waals surface area contributed by atoms with Gasteiger partial charge >= 0.3 is 0 Å². The smallest absolute Gasteiger partial charge is 0.173 e. The summed E-state index contributed by atoms with van der Waals surface area (Å²) in [6.07, 6.45) is 1.90.